The van der Waals surface area contributed by atoms with E-state index in [1.165, 1.54) is 7.22 Å². The fourth-order valence-electron chi connectivity index (χ4n) is 1.23. The Morgan fingerprint density at radius 2 is 1.12 bits per heavy atom. The molecule has 0 aliphatic carbocycles. The van der Waals surface area contributed by atoms with Crippen LogP contribution in [0.3, 0.4) is 0 Å². The molecule has 0 spiro atoms. The van der Waals surface area contributed by atoms with Crippen molar-refractivity contribution in [3.63, 3.8) is 0 Å². The second-order valence-corrected chi connectivity index (χ2v) is 13.3. The van der Waals surface area contributed by atoms with Crippen molar-refractivity contribution in [3.8, 4) is 0 Å². The van der Waals surface area contributed by atoms with Gasteiger partial charge in [-0.25, -0.2) is 0 Å². The van der Waals surface area contributed by atoms with Gasteiger partial charge < -0.3 is 0 Å². The van der Waals surface area contributed by atoms with Crippen molar-refractivity contribution in [2.24, 2.45) is 0 Å². The van der Waals surface area contributed by atoms with Gasteiger partial charge in [-0.3, -0.25) is 0 Å². The summed E-state index contributed by atoms with van der Waals surface area (Å²) in [4.78, 5) is 0. The third-order valence-electron chi connectivity index (χ3n) is 1.95. The fourth-order valence-corrected chi connectivity index (χ4v) is 11.2. The number of hydrogen-bond acceptors (Lipinski definition) is 2. The van der Waals surface area contributed by atoms with Crippen molar-refractivity contribution in [2.45, 2.75) is 0 Å². The molecule has 2 rings (SSSR count). The molecule has 0 amide bonds. The quantitative estimate of drug-likeness (QED) is 0.528. The molecule has 0 atom stereocenters. The molecular formula is C12H12N2Te2. The van der Waals surface area contributed by atoms with E-state index in [0.717, 1.165) is 11.4 Å². The first-order valence-electron chi connectivity index (χ1n) is 4.79. The average Bonchev–Trinajstić information content (AvgIpc) is 2.27. The Morgan fingerprint density at radius 1 is 0.688 bits per heavy atom. The van der Waals surface area contributed by atoms with Gasteiger partial charge in [0.05, 0.1) is 0 Å². The van der Waals surface area contributed by atoms with Crippen LogP contribution in [0, 0.1) is 0 Å². The molecule has 0 unspecified atom stereocenters. The Morgan fingerprint density at radius 3 is 1.50 bits per heavy atom. The number of nitrogens with two attached hydrogens (primary N) is 2. The van der Waals surface area contributed by atoms with E-state index in [0.29, 0.717) is 0 Å². The zero-order chi connectivity index (χ0) is 11.4. The van der Waals surface area contributed by atoms with Crippen LogP contribution in [0.5, 0.6) is 0 Å². The summed E-state index contributed by atoms with van der Waals surface area (Å²) in [6, 6.07) is 16.6. The van der Waals surface area contributed by atoms with E-state index in [1.54, 1.807) is 0 Å². The van der Waals surface area contributed by atoms with E-state index >= 15 is 0 Å². The van der Waals surface area contributed by atoms with E-state index in [9.17, 15) is 0 Å². The van der Waals surface area contributed by atoms with Crippen molar-refractivity contribution in [2.75, 3.05) is 11.5 Å². The monoisotopic (exact) mass is 444 g/mol. The van der Waals surface area contributed by atoms with Crippen LogP contribution < -0.4 is 18.7 Å². The molecule has 0 aliphatic rings. The number of anilines is 2. The second kappa shape index (κ2) is 5.80. The Kier molecular flexibility index (Phi) is 4.38. The molecule has 2 nitrogen and oxygen atoms in total. The first-order chi connectivity index (χ1) is 7.74. The first-order valence-corrected chi connectivity index (χ1v) is 14.5. The van der Waals surface area contributed by atoms with Gasteiger partial charge in [0.1, 0.15) is 0 Å². The van der Waals surface area contributed by atoms with Crippen LogP contribution in [0.25, 0.3) is 0 Å². The third-order valence-corrected chi connectivity index (χ3v) is 13.7. The molecule has 2 aromatic carbocycles. The minimum atomic E-state index is -0.0709. The van der Waals surface area contributed by atoms with Crippen molar-refractivity contribution in [1.29, 1.82) is 0 Å². The van der Waals surface area contributed by atoms with Gasteiger partial charge in [-0.15, -0.1) is 0 Å². The van der Waals surface area contributed by atoms with Crippen LogP contribution in [0.2, 0.25) is 0 Å². The molecule has 0 saturated carbocycles. The SMILES string of the molecule is Nc1cccc([Te][Te]c2cccc(N)c2)c1. The Labute approximate surface area is 112 Å². The number of hydrogen-bond donors (Lipinski definition) is 2. The molecule has 82 valence electrons. The van der Waals surface area contributed by atoms with Crippen LogP contribution in [0.15, 0.2) is 48.5 Å². The predicted molar refractivity (Wildman–Crippen MR) is 72.5 cm³/mol. The predicted octanol–water partition coefficient (Wildman–Crippen LogP) is 0.125. The van der Waals surface area contributed by atoms with Gasteiger partial charge in [0, 0.05) is 0 Å². The van der Waals surface area contributed by atoms with Gasteiger partial charge in [0.2, 0.25) is 0 Å². The van der Waals surface area contributed by atoms with Crippen LogP contribution in [0.1, 0.15) is 0 Å². The maximum atomic E-state index is 5.77. The summed E-state index contributed by atoms with van der Waals surface area (Å²) in [6.45, 7) is 0. The molecular weight excluding hydrogens is 427 g/mol. The zero-order valence-electron chi connectivity index (χ0n) is 8.59. The van der Waals surface area contributed by atoms with Gasteiger partial charge >= 0.3 is 113 Å². The van der Waals surface area contributed by atoms with Crippen LogP contribution in [-0.4, -0.2) is 34.1 Å². The number of nitrogen functional groups attached to an aromatic ring is 2. The maximum absolute atomic E-state index is 5.77. The van der Waals surface area contributed by atoms with Gasteiger partial charge in [-0.2, -0.15) is 0 Å². The normalized spacial score (nSPS) is 10.2. The Balaban J connectivity index is 2.02. The van der Waals surface area contributed by atoms with Gasteiger partial charge in [0.15, 0.2) is 0 Å². The van der Waals surface area contributed by atoms with Crippen molar-refractivity contribution < 1.29 is 0 Å². The number of benzene rings is 2. The molecule has 16 heavy (non-hydrogen) atoms. The summed E-state index contributed by atoms with van der Waals surface area (Å²) in [5, 5.41) is 0. The standard InChI is InChI=1S/C12H12N2Te2/c13-9-3-1-5-11(7-9)15-16-12-6-2-4-10(14)8-12/h1-8H,13-14H2. The van der Waals surface area contributed by atoms with Crippen molar-refractivity contribution in [1.82, 2.24) is 0 Å². The Bertz CT molecular complexity index is 440. The van der Waals surface area contributed by atoms with Gasteiger partial charge in [-0.1, -0.05) is 0 Å². The van der Waals surface area contributed by atoms with E-state index in [1.807, 2.05) is 24.3 Å². The summed E-state index contributed by atoms with van der Waals surface area (Å²) in [6.07, 6.45) is 0. The molecule has 4 heteroatoms. The molecule has 0 fully saturated rings. The van der Waals surface area contributed by atoms with Crippen LogP contribution >= 0.6 is 0 Å². The van der Waals surface area contributed by atoms with Gasteiger partial charge in [-0.05, 0) is 0 Å². The zero-order valence-corrected chi connectivity index (χ0v) is 13.3. The molecule has 0 aromatic heterocycles. The van der Waals surface area contributed by atoms with Crippen LogP contribution in [-0.2, 0) is 0 Å². The number of rotatable bonds is 3. The molecule has 0 heterocycles. The van der Waals surface area contributed by atoms with Crippen LogP contribution in [0.4, 0.5) is 11.4 Å². The van der Waals surface area contributed by atoms with E-state index in [4.69, 9.17) is 11.5 Å². The molecule has 2 aromatic rings. The second-order valence-electron chi connectivity index (χ2n) is 3.31. The summed E-state index contributed by atoms with van der Waals surface area (Å²) >= 11 is -0.142. The Hall–Kier alpha value is -0.381. The van der Waals surface area contributed by atoms with E-state index in [2.05, 4.69) is 24.3 Å². The van der Waals surface area contributed by atoms with Crippen molar-refractivity contribution >= 4 is 52.7 Å². The summed E-state index contributed by atoms with van der Waals surface area (Å²) in [5.74, 6) is 0. The minimum absolute atomic E-state index is 0.0709. The van der Waals surface area contributed by atoms with Crippen molar-refractivity contribution in [3.05, 3.63) is 48.5 Å². The molecule has 0 saturated heterocycles. The summed E-state index contributed by atoms with van der Waals surface area (Å²) < 4.78 is 2.91. The summed E-state index contributed by atoms with van der Waals surface area (Å²) in [7, 11) is 0. The molecule has 4 N–H and O–H groups in total. The topological polar surface area (TPSA) is 52.0 Å². The third kappa shape index (κ3) is 3.58. The fraction of sp³-hybridized carbons (Fsp3) is 0. The molecule has 0 bridgehead atoms. The average molecular weight is 439 g/mol. The van der Waals surface area contributed by atoms with Gasteiger partial charge in [0.25, 0.3) is 0 Å². The van der Waals surface area contributed by atoms with E-state index < -0.39 is 0 Å². The summed E-state index contributed by atoms with van der Waals surface area (Å²) in [5.41, 5.74) is 13.3. The molecule has 0 radical (unpaired) electrons. The first kappa shape index (κ1) is 12.1. The molecule has 0 aliphatic heterocycles. The van der Waals surface area contributed by atoms with E-state index in [-0.39, 0.29) is 34.1 Å².